The van der Waals surface area contributed by atoms with E-state index in [1.54, 1.807) is 6.07 Å². The Morgan fingerprint density at radius 2 is 2.11 bits per heavy atom. The van der Waals surface area contributed by atoms with Crippen LogP contribution in [0.4, 0.5) is 0 Å². The Hall–Kier alpha value is -2.43. The molecular weight excluding hydrogens is 228 g/mol. The average molecular weight is 240 g/mol. The first kappa shape index (κ1) is 10.7. The van der Waals surface area contributed by atoms with Crippen molar-refractivity contribution in [2.45, 2.75) is 13.8 Å². The van der Waals surface area contributed by atoms with Gasteiger partial charge in [0.25, 0.3) is 5.56 Å². The third-order valence-corrected chi connectivity index (χ3v) is 2.95. The van der Waals surface area contributed by atoms with Crippen LogP contribution in [-0.4, -0.2) is 19.8 Å². The molecule has 0 aromatic carbocycles. The Bertz CT molecular complexity index is 785. The van der Waals surface area contributed by atoms with Gasteiger partial charge in [0, 0.05) is 12.3 Å². The highest BCUT2D eigenvalue weighted by molar-refractivity contribution is 5.81. The largest absolute Gasteiger partial charge is 0.268 e. The molecule has 1 N–H and O–H groups in total. The van der Waals surface area contributed by atoms with Crippen molar-refractivity contribution >= 4 is 5.52 Å². The molecule has 3 aromatic heterocycles. The van der Waals surface area contributed by atoms with E-state index < -0.39 is 0 Å². The number of nitrogens with zero attached hydrogens (tertiary/aromatic N) is 3. The molecule has 0 aliphatic carbocycles. The van der Waals surface area contributed by atoms with Crippen molar-refractivity contribution in [2.75, 3.05) is 0 Å². The van der Waals surface area contributed by atoms with Gasteiger partial charge in [0.05, 0.1) is 22.5 Å². The van der Waals surface area contributed by atoms with Gasteiger partial charge in [-0.3, -0.25) is 4.79 Å². The minimum Gasteiger partial charge on any atom is -0.268 e. The van der Waals surface area contributed by atoms with Crippen molar-refractivity contribution in [3.05, 3.63) is 52.1 Å². The fraction of sp³-hybridized carbons (Fsp3) is 0.154. The number of nitrogens with one attached hydrogen (secondary N) is 1. The third kappa shape index (κ3) is 1.52. The quantitative estimate of drug-likeness (QED) is 0.704. The van der Waals surface area contributed by atoms with Gasteiger partial charge in [-0.25, -0.2) is 9.61 Å². The molecule has 0 aliphatic heterocycles. The average Bonchev–Trinajstić information content (AvgIpc) is 2.66. The predicted octanol–water partition coefficient (Wildman–Crippen LogP) is 1.70. The molecule has 3 heterocycles. The number of fused-ring (bicyclic) bond motifs is 1. The summed E-state index contributed by atoms with van der Waals surface area (Å²) in [5, 5.41) is 11.1. The van der Waals surface area contributed by atoms with Gasteiger partial charge in [-0.15, -0.1) is 0 Å². The normalized spacial score (nSPS) is 11.0. The summed E-state index contributed by atoms with van der Waals surface area (Å²) in [7, 11) is 0. The van der Waals surface area contributed by atoms with E-state index in [-0.39, 0.29) is 5.56 Å². The van der Waals surface area contributed by atoms with E-state index in [2.05, 4.69) is 15.3 Å². The van der Waals surface area contributed by atoms with Crippen LogP contribution in [0.25, 0.3) is 16.8 Å². The molecule has 90 valence electrons. The number of hydrogen-bond donors (Lipinski definition) is 1. The van der Waals surface area contributed by atoms with Gasteiger partial charge in [-0.05, 0) is 31.5 Å². The first-order chi connectivity index (χ1) is 8.66. The lowest BCUT2D eigenvalue weighted by molar-refractivity contribution is 0.933. The molecule has 0 fully saturated rings. The van der Waals surface area contributed by atoms with E-state index in [1.165, 1.54) is 0 Å². The lowest BCUT2D eigenvalue weighted by atomic mass is 10.1. The molecule has 5 heteroatoms. The van der Waals surface area contributed by atoms with E-state index in [4.69, 9.17) is 0 Å². The van der Waals surface area contributed by atoms with E-state index >= 15 is 0 Å². The molecule has 0 unspecified atom stereocenters. The number of aromatic nitrogens is 4. The Morgan fingerprint density at radius 1 is 1.28 bits per heavy atom. The lowest BCUT2D eigenvalue weighted by Crippen LogP contribution is -2.08. The van der Waals surface area contributed by atoms with E-state index in [9.17, 15) is 4.79 Å². The van der Waals surface area contributed by atoms with Crippen molar-refractivity contribution in [1.29, 1.82) is 0 Å². The van der Waals surface area contributed by atoms with Crippen LogP contribution in [0.15, 0.2) is 35.3 Å². The summed E-state index contributed by atoms with van der Waals surface area (Å²) < 4.78 is 1.82. The van der Waals surface area contributed by atoms with E-state index in [0.29, 0.717) is 0 Å². The van der Waals surface area contributed by atoms with Crippen LogP contribution in [0.5, 0.6) is 0 Å². The Kier molecular flexibility index (Phi) is 2.26. The van der Waals surface area contributed by atoms with Crippen LogP contribution in [0.3, 0.4) is 0 Å². The van der Waals surface area contributed by atoms with Crippen molar-refractivity contribution in [1.82, 2.24) is 19.8 Å². The minimum absolute atomic E-state index is 0.189. The van der Waals surface area contributed by atoms with Crippen LogP contribution in [-0.2, 0) is 0 Å². The first-order valence-corrected chi connectivity index (χ1v) is 5.67. The topological polar surface area (TPSA) is 63.0 Å². The zero-order valence-corrected chi connectivity index (χ0v) is 10.1. The predicted molar refractivity (Wildman–Crippen MR) is 68.5 cm³/mol. The van der Waals surface area contributed by atoms with Gasteiger partial charge in [0.1, 0.15) is 0 Å². The summed E-state index contributed by atoms with van der Waals surface area (Å²) in [5.41, 5.74) is 4.27. The molecule has 0 amide bonds. The maximum Gasteiger partial charge on any atom is 0.264 e. The highest BCUT2D eigenvalue weighted by Gasteiger charge is 2.14. The standard InChI is InChI=1S/C13H12N4O/c1-8-7-11(18)14-15-13(8)12-9(2)16-17-6-4-3-5-10(12)17/h3-7H,1-2H3,(H,14,18). The van der Waals surface area contributed by atoms with Crippen LogP contribution in [0, 0.1) is 13.8 Å². The molecule has 0 bridgehead atoms. The molecule has 0 spiro atoms. The van der Waals surface area contributed by atoms with Crippen molar-refractivity contribution in [3.63, 3.8) is 0 Å². The van der Waals surface area contributed by atoms with Crippen LogP contribution in [0.2, 0.25) is 0 Å². The van der Waals surface area contributed by atoms with Crippen molar-refractivity contribution < 1.29 is 0 Å². The SMILES string of the molecule is Cc1cc(=O)[nH]nc1-c1c(C)nn2ccccc12. The Balaban J connectivity index is 2.37. The van der Waals surface area contributed by atoms with E-state index in [0.717, 1.165) is 28.0 Å². The highest BCUT2D eigenvalue weighted by atomic mass is 16.1. The van der Waals surface area contributed by atoms with Crippen molar-refractivity contribution in [2.24, 2.45) is 0 Å². The fourth-order valence-corrected chi connectivity index (χ4v) is 2.16. The number of hydrogen-bond acceptors (Lipinski definition) is 3. The van der Waals surface area contributed by atoms with Crippen LogP contribution >= 0.6 is 0 Å². The summed E-state index contributed by atoms with van der Waals surface area (Å²) in [6, 6.07) is 7.42. The smallest absolute Gasteiger partial charge is 0.264 e. The second-order valence-corrected chi connectivity index (χ2v) is 4.25. The van der Waals surface area contributed by atoms with Crippen LogP contribution < -0.4 is 5.56 Å². The Labute approximate surface area is 103 Å². The molecule has 5 nitrogen and oxygen atoms in total. The molecular formula is C13H12N4O. The number of aryl methyl sites for hydroxylation is 2. The van der Waals surface area contributed by atoms with Gasteiger partial charge in [0.2, 0.25) is 0 Å². The summed E-state index contributed by atoms with van der Waals surface area (Å²) in [6.45, 7) is 3.82. The summed E-state index contributed by atoms with van der Waals surface area (Å²) in [5.74, 6) is 0. The van der Waals surface area contributed by atoms with Crippen molar-refractivity contribution in [3.8, 4) is 11.3 Å². The van der Waals surface area contributed by atoms with Crippen LogP contribution in [0.1, 0.15) is 11.3 Å². The lowest BCUT2D eigenvalue weighted by Gasteiger charge is -2.02. The maximum atomic E-state index is 11.2. The minimum atomic E-state index is -0.189. The second-order valence-electron chi connectivity index (χ2n) is 4.25. The van der Waals surface area contributed by atoms with Gasteiger partial charge in [0.15, 0.2) is 0 Å². The molecule has 0 saturated carbocycles. The number of pyridine rings is 1. The van der Waals surface area contributed by atoms with Gasteiger partial charge in [-0.1, -0.05) is 6.07 Å². The fourth-order valence-electron chi connectivity index (χ4n) is 2.16. The molecule has 0 saturated heterocycles. The zero-order chi connectivity index (χ0) is 12.7. The first-order valence-electron chi connectivity index (χ1n) is 5.67. The molecule has 0 radical (unpaired) electrons. The molecule has 0 atom stereocenters. The maximum absolute atomic E-state index is 11.2. The number of aromatic amines is 1. The molecule has 3 aromatic rings. The second kappa shape index (κ2) is 3.80. The highest BCUT2D eigenvalue weighted by Crippen LogP contribution is 2.27. The molecule has 3 rings (SSSR count). The number of rotatable bonds is 1. The third-order valence-electron chi connectivity index (χ3n) is 2.95. The Morgan fingerprint density at radius 3 is 2.89 bits per heavy atom. The number of H-pyrrole nitrogens is 1. The van der Waals surface area contributed by atoms with Gasteiger partial charge in [-0.2, -0.15) is 10.2 Å². The summed E-state index contributed by atoms with van der Waals surface area (Å²) in [4.78, 5) is 11.2. The zero-order valence-electron chi connectivity index (χ0n) is 10.1. The van der Waals surface area contributed by atoms with Gasteiger partial charge < -0.3 is 0 Å². The molecule has 18 heavy (non-hydrogen) atoms. The monoisotopic (exact) mass is 240 g/mol. The van der Waals surface area contributed by atoms with E-state index in [1.807, 2.05) is 42.8 Å². The molecule has 0 aliphatic rings. The summed E-state index contributed by atoms with van der Waals surface area (Å²) in [6.07, 6.45) is 1.90. The van der Waals surface area contributed by atoms with Gasteiger partial charge >= 0.3 is 0 Å². The summed E-state index contributed by atoms with van der Waals surface area (Å²) >= 11 is 0.